The van der Waals surface area contributed by atoms with E-state index in [1.54, 1.807) is 6.07 Å². The molecule has 1 heterocycles. The summed E-state index contributed by atoms with van der Waals surface area (Å²) in [4.78, 5) is 13.5. The highest BCUT2D eigenvalue weighted by Gasteiger charge is 2.13. The SMILES string of the molecule is CC(=O)Oc1ccc(OCCN2CCCC2)c(C(C)C)c1. The van der Waals surface area contributed by atoms with E-state index in [2.05, 4.69) is 18.7 Å². The molecule has 0 radical (unpaired) electrons. The lowest BCUT2D eigenvalue weighted by atomic mass is 10.0. The van der Waals surface area contributed by atoms with Gasteiger partial charge in [-0.15, -0.1) is 0 Å². The molecule has 1 fully saturated rings. The van der Waals surface area contributed by atoms with Crippen LogP contribution in [0, 0.1) is 0 Å². The summed E-state index contributed by atoms with van der Waals surface area (Å²) in [6.07, 6.45) is 2.60. The maximum atomic E-state index is 11.0. The summed E-state index contributed by atoms with van der Waals surface area (Å²) >= 11 is 0. The molecule has 4 nitrogen and oxygen atoms in total. The lowest BCUT2D eigenvalue weighted by Gasteiger charge is -2.18. The summed E-state index contributed by atoms with van der Waals surface area (Å²) in [5, 5.41) is 0. The van der Waals surface area contributed by atoms with Crippen molar-refractivity contribution in [3.63, 3.8) is 0 Å². The van der Waals surface area contributed by atoms with Crippen LogP contribution in [0.3, 0.4) is 0 Å². The third-order valence-electron chi connectivity index (χ3n) is 3.73. The van der Waals surface area contributed by atoms with Gasteiger partial charge in [0.25, 0.3) is 0 Å². The van der Waals surface area contributed by atoms with Crippen LogP contribution in [0.5, 0.6) is 11.5 Å². The van der Waals surface area contributed by atoms with Crippen molar-refractivity contribution in [2.24, 2.45) is 0 Å². The van der Waals surface area contributed by atoms with E-state index in [4.69, 9.17) is 9.47 Å². The molecule has 0 aliphatic carbocycles. The Morgan fingerprint density at radius 1 is 1.29 bits per heavy atom. The standard InChI is InChI=1S/C17H25NO3/c1-13(2)16-12-15(21-14(3)19)6-7-17(16)20-11-10-18-8-4-5-9-18/h6-7,12-13H,4-5,8-11H2,1-3H3. The molecule has 4 heteroatoms. The van der Waals surface area contributed by atoms with Crippen molar-refractivity contribution in [3.05, 3.63) is 23.8 Å². The van der Waals surface area contributed by atoms with Gasteiger partial charge in [0.1, 0.15) is 18.1 Å². The highest BCUT2D eigenvalue weighted by molar-refractivity contribution is 5.69. The third kappa shape index (κ3) is 4.74. The Labute approximate surface area is 127 Å². The van der Waals surface area contributed by atoms with E-state index in [-0.39, 0.29) is 5.97 Å². The zero-order valence-electron chi connectivity index (χ0n) is 13.2. The minimum Gasteiger partial charge on any atom is -0.492 e. The summed E-state index contributed by atoms with van der Waals surface area (Å²) < 4.78 is 11.1. The topological polar surface area (TPSA) is 38.8 Å². The number of hydrogen-bond acceptors (Lipinski definition) is 4. The first kappa shape index (κ1) is 15.8. The Bertz CT molecular complexity index is 479. The predicted molar refractivity (Wildman–Crippen MR) is 83.0 cm³/mol. The molecule has 0 amide bonds. The van der Waals surface area contributed by atoms with E-state index in [9.17, 15) is 4.79 Å². The number of carbonyl (C=O) groups is 1. The van der Waals surface area contributed by atoms with Crippen molar-refractivity contribution in [2.45, 2.75) is 39.5 Å². The van der Waals surface area contributed by atoms with Crippen LogP contribution in [-0.4, -0.2) is 37.1 Å². The number of ether oxygens (including phenoxy) is 2. The first-order valence-electron chi connectivity index (χ1n) is 7.74. The molecule has 0 unspecified atom stereocenters. The van der Waals surface area contributed by atoms with Gasteiger partial charge in [-0.05, 0) is 50.0 Å². The Hall–Kier alpha value is -1.55. The number of benzene rings is 1. The van der Waals surface area contributed by atoms with Crippen molar-refractivity contribution in [3.8, 4) is 11.5 Å². The summed E-state index contributed by atoms with van der Waals surface area (Å²) in [6.45, 7) is 9.68. The molecule has 0 spiro atoms. The Morgan fingerprint density at radius 3 is 2.62 bits per heavy atom. The zero-order chi connectivity index (χ0) is 15.2. The number of carbonyl (C=O) groups excluding carboxylic acids is 1. The summed E-state index contributed by atoms with van der Waals surface area (Å²) in [5.41, 5.74) is 1.08. The van der Waals surface area contributed by atoms with E-state index >= 15 is 0 Å². The van der Waals surface area contributed by atoms with Crippen LogP contribution in [0.2, 0.25) is 0 Å². The smallest absolute Gasteiger partial charge is 0.308 e. The summed E-state index contributed by atoms with van der Waals surface area (Å²) in [5.74, 6) is 1.49. The van der Waals surface area contributed by atoms with E-state index in [0.717, 1.165) is 17.9 Å². The summed E-state index contributed by atoms with van der Waals surface area (Å²) in [6, 6.07) is 5.59. The van der Waals surface area contributed by atoms with Crippen LogP contribution in [0.25, 0.3) is 0 Å². The van der Waals surface area contributed by atoms with Crippen molar-refractivity contribution >= 4 is 5.97 Å². The zero-order valence-corrected chi connectivity index (χ0v) is 13.2. The molecular formula is C17H25NO3. The fourth-order valence-corrected chi connectivity index (χ4v) is 2.63. The van der Waals surface area contributed by atoms with E-state index in [0.29, 0.717) is 18.3 Å². The molecule has 116 valence electrons. The third-order valence-corrected chi connectivity index (χ3v) is 3.73. The van der Waals surface area contributed by atoms with Gasteiger partial charge in [0.05, 0.1) is 0 Å². The average Bonchev–Trinajstić information content (AvgIpc) is 2.92. The van der Waals surface area contributed by atoms with Crippen molar-refractivity contribution in [1.29, 1.82) is 0 Å². The van der Waals surface area contributed by atoms with Crippen LogP contribution in [0.4, 0.5) is 0 Å². The van der Waals surface area contributed by atoms with E-state index < -0.39 is 0 Å². The Morgan fingerprint density at radius 2 is 2.00 bits per heavy atom. The monoisotopic (exact) mass is 291 g/mol. The molecule has 2 rings (SSSR count). The van der Waals surface area contributed by atoms with Gasteiger partial charge in [-0.3, -0.25) is 9.69 Å². The van der Waals surface area contributed by atoms with Gasteiger partial charge in [0.15, 0.2) is 0 Å². The lowest BCUT2D eigenvalue weighted by molar-refractivity contribution is -0.131. The maximum absolute atomic E-state index is 11.0. The van der Waals surface area contributed by atoms with Crippen molar-refractivity contribution in [2.75, 3.05) is 26.2 Å². The molecule has 1 saturated heterocycles. The number of hydrogen-bond donors (Lipinski definition) is 0. The molecule has 0 N–H and O–H groups in total. The van der Waals surface area contributed by atoms with Crippen LogP contribution in [0.1, 0.15) is 45.1 Å². The lowest BCUT2D eigenvalue weighted by Crippen LogP contribution is -2.25. The number of likely N-dealkylation sites (tertiary alicyclic amines) is 1. The predicted octanol–water partition coefficient (Wildman–Crippen LogP) is 3.21. The van der Waals surface area contributed by atoms with E-state index in [1.165, 1.54) is 32.9 Å². The van der Waals surface area contributed by atoms with Gasteiger partial charge in [0.2, 0.25) is 0 Å². The van der Waals surface area contributed by atoms with Crippen LogP contribution < -0.4 is 9.47 Å². The van der Waals surface area contributed by atoms with Crippen LogP contribution in [0.15, 0.2) is 18.2 Å². The highest BCUT2D eigenvalue weighted by Crippen LogP contribution is 2.30. The second-order valence-electron chi connectivity index (χ2n) is 5.85. The normalized spacial score (nSPS) is 15.4. The molecule has 0 aromatic heterocycles. The average molecular weight is 291 g/mol. The van der Waals surface area contributed by atoms with Crippen LogP contribution in [-0.2, 0) is 4.79 Å². The van der Waals surface area contributed by atoms with Gasteiger partial charge >= 0.3 is 5.97 Å². The quantitative estimate of drug-likeness (QED) is 0.596. The van der Waals surface area contributed by atoms with Crippen LogP contribution >= 0.6 is 0 Å². The number of esters is 1. The van der Waals surface area contributed by atoms with Gasteiger partial charge in [-0.1, -0.05) is 13.8 Å². The fourth-order valence-electron chi connectivity index (χ4n) is 2.63. The molecule has 21 heavy (non-hydrogen) atoms. The minimum absolute atomic E-state index is 0.299. The largest absolute Gasteiger partial charge is 0.492 e. The second kappa shape index (κ2) is 7.46. The van der Waals surface area contributed by atoms with Gasteiger partial charge < -0.3 is 9.47 Å². The number of rotatable bonds is 6. The number of nitrogens with zero attached hydrogens (tertiary/aromatic N) is 1. The molecule has 1 aromatic carbocycles. The molecular weight excluding hydrogens is 266 g/mol. The molecule has 1 aliphatic rings. The van der Waals surface area contributed by atoms with Gasteiger partial charge in [0, 0.05) is 19.0 Å². The molecule has 1 aromatic rings. The molecule has 1 aliphatic heterocycles. The molecule has 0 bridgehead atoms. The maximum Gasteiger partial charge on any atom is 0.308 e. The fraction of sp³-hybridized carbons (Fsp3) is 0.588. The van der Waals surface area contributed by atoms with Gasteiger partial charge in [-0.2, -0.15) is 0 Å². The second-order valence-corrected chi connectivity index (χ2v) is 5.85. The van der Waals surface area contributed by atoms with E-state index in [1.807, 2.05) is 12.1 Å². The van der Waals surface area contributed by atoms with Gasteiger partial charge in [-0.25, -0.2) is 0 Å². The van der Waals surface area contributed by atoms with Crippen molar-refractivity contribution < 1.29 is 14.3 Å². The molecule has 0 atom stereocenters. The molecule has 0 saturated carbocycles. The minimum atomic E-state index is -0.299. The first-order valence-corrected chi connectivity index (χ1v) is 7.74. The Kier molecular flexibility index (Phi) is 5.62. The van der Waals surface area contributed by atoms with Crippen molar-refractivity contribution in [1.82, 2.24) is 4.90 Å². The summed E-state index contributed by atoms with van der Waals surface area (Å²) in [7, 11) is 0. The highest BCUT2D eigenvalue weighted by atomic mass is 16.5. The first-order chi connectivity index (χ1) is 10.1. The Balaban J connectivity index is 1.98.